The molecule has 0 bridgehead atoms. The van der Waals surface area contributed by atoms with E-state index >= 15 is 0 Å². The molecule has 0 aromatic heterocycles. The molecule has 0 heterocycles. The highest BCUT2D eigenvalue weighted by atomic mass is 15.1. The van der Waals surface area contributed by atoms with Gasteiger partial charge in [0.25, 0.3) is 0 Å². The van der Waals surface area contributed by atoms with Gasteiger partial charge in [-0.3, -0.25) is 0 Å². The molecule has 270 valence electrons. The largest absolute Gasteiger partial charge is 0.310 e. The summed E-state index contributed by atoms with van der Waals surface area (Å²) in [5, 5.41) is 2.46. The summed E-state index contributed by atoms with van der Waals surface area (Å²) in [7, 11) is 0. The summed E-state index contributed by atoms with van der Waals surface area (Å²) in [5.41, 5.74) is 14.8. The zero-order chi connectivity index (χ0) is 38.0. The van der Waals surface area contributed by atoms with Crippen molar-refractivity contribution in [3.63, 3.8) is 0 Å². The minimum Gasteiger partial charge on any atom is -0.310 e. The third-order valence-corrected chi connectivity index (χ3v) is 11.7. The predicted molar refractivity (Wildman–Crippen MR) is 233 cm³/mol. The van der Waals surface area contributed by atoms with Gasteiger partial charge in [0.2, 0.25) is 0 Å². The molecule has 0 amide bonds. The third-order valence-electron chi connectivity index (χ3n) is 11.7. The number of nitrogens with zero attached hydrogens (tertiary/aromatic N) is 1. The zero-order valence-electron chi connectivity index (χ0n) is 33.5. The average molecular weight is 704 g/mol. The van der Waals surface area contributed by atoms with Crippen molar-refractivity contribution in [1.29, 1.82) is 0 Å². The van der Waals surface area contributed by atoms with E-state index in [2.05, 4.69) is 225 Å². The van der Waals surface area contributed by atoms with Crippen LogP contribution in [0, 0.1) is 5.41 Å². The van der Waals surface area contributed by atoms with Crippen molar-refractivity contribution in [3.05, 3.63) is 186 Å². The van der Waals surface area contributed by atoms with Gasteiger partial charge < -0.3 is 4.90 Å². The molecule has 1 atom stereocenters. The highest BCUT2D eigenvalue weighted by molar-refractivity contribution is 6.01. The minimum absolute atomic E-state index is 0.0119. The van der Waals surface area contributed by atoms with Crippen LogP contribution in [0.15, 0.2) is 158 Å². The minimum atomic E-state index is -0.471. The Morgan fingerprint density at radius 3 is 1.67 bits per heavy atom. The molecular weight excluding hydrogens is 651 g/mol. The normalized spacial score (nSPS) is 15.6. The van der Waals surface area contributed by atoms with Crippen molar-refractivity contribution < 1.29 is 0 Å². The SMILES string of the molecule is CC(C)(C)c1cc2c(c(C(C)(C)C)c1)C(c1ccccc1)(C(C)(C)C)c1c-2cccc1N(c1ccc(-c2ccccc2)cc1)c1cccc2ccccc12. The maximum absolute atomic E-state index is 2.55. The van der Waals surface area contributed by atoms with E-state index in [-0.39, 0.29) is 16.2 Å². The van der Waals surface area contributed by atoms with Gasteiger partial charge in [-0.15, -0.1) is 0 Å². The standard InChI is InChI=1S/C53H53N/c1-50(2,3)40-34-44-43-27-19-29-47(49(43)53(52(7,8)9,39-24-14-11-15-25-39)48(44)45(35-40)51(4,5)6)54(46-28-18-23-38-22-16-17-26-42(38)46)41-32-30-37(31-33-41)36-20-12-10-13-21-36/h10-35H,1-9H3. The number of hydrogen-bond donors (Lipinski definition) is 0. The first-order valence-electron chi connectivity index (χ1n) is 19.5. The summed E-state index contributed by atoms with van der Waals surface area (Å²) in [6, 6.07) is 58.9. The van der Waals surface area contributed by atoms with Gasteiger partial charge in [-0.05, 0) is 96.0 Å². The van der Waals surface area contributed by atoms with E-state index in [1.54, 1.807) is 0 Å². The van der Waals surface area contributed by atoms with Gasteiger partial charge >= 0.3 is 0 Å². The Bertz CT molecular complexity index is 2460. The van der Waals surface area contributed by atoms with Gasteiger partial charge in [0, 0.05) is 11.1 Å². The summed E-state index contributed by atoms with van der Waals surface area (Å²) < 4.78 is 0. The highest BCUT2D eigenvalue weighted by Crippen LogP contribution is 2.65. The van der Waals surface area contributed by atoms with Crippen LogP contribution >= 0.6 is 0 Å². The number of benzene rings is 7. The molecule has 1 unspecified atom stereocenters. The van der Waals surface area contributed by atoms with Crippen LogP contribution in [0.3, 0.4) is 0 Å². The summed E-state index contributed by atoms with van der Waals surface area (Å²) >= 11 is 0. The quantitative estimate of drug-likeness (QED) is 0.172. The lowest BCUT2D eigenvalue weighted by Gasteiger charge is -2.48. The molecular formula is C53H53N. The molecule has 0 fully saturated rings. The molecule has 0 spiro atoms. The van der Waals surface area contributed by atoms with Crippen molar-refractivity contribution in [2.24, 2.45) is 5.41 Å². The third kappa shape index (κ3) is 5.68. The topological polar surface area (TPSA) is 3.24 Å². The van der Waals surface area contributed by atoms with Crippen LogP contribution in [0.5, 0.6) is 0 Å². The lowest BCUT2D eigenvalue weighted by Crippen LogP contribution is -2.43. The maximum Gasteiger partial charge on any atom is 0.0540 e. The Hall–Kier alpha value is -5.40. The molecule has 7 aromatic rings. The summed E-state index contributed by atoms with van der Waals surface area (Å²) in [4.78, 5) is 2.55. The Morgan fingerprint density at radius 2 is 1.02 bits per heavy atom. The van der Waals surface area contributed by atoms with Gasteiger partial charge in [0.05, 0.1) is 16.8 Å². The zero-order valence-corrected chi connectivity index (χ0v) is 33.5. The molecule has 7 aromatic carbocycles. The summed E-state index contributed by atoms with van der Waals surface area (Å²) in [5.74, 6) is 0. The van der Waals surface area contributed by atoms with Crippen LogP contribution in [-0.2, 0) is 16.2 Å². The first-order valence-corrected chi connectivity index (χ1v) is 19.5. The van der Waals surface area contributed by atoms with Crippen molar-refractivity contribution in [2.75, 3.05) is 4.90 Å². The lowest BCUT2D eigenvalue weighted by atomic mass is 9.55. The van der Waals surface area contributed by atoms with Crippen LogP contribution in [0.1, 0.15) is 90.1 Å². The molecule has 1 nitrogen and oxygen atoms in total. The first-order chi connectivity index (χ1) is 25.7. The predicted octanol–water partition coefficient (Wildman–Crippen LogP) is 14.9. The number of fused-ring (bicyclic) bond motifs is 4. The molecule has 0 radical (unpaired) electrons. The van der Waals surface area contributed by atoms with E-state index < -0.39 is 5.41 Å². The van der Waals surface area contributed by atoms with E-state index in [0.29, 0.717) is 0 Å². The Labute approximate surface area is 323 Å². The van der Waals surface area contributed by atoms with Gasteiger partial charge in [-0.1, -0.05) is 196 Å². The smallest absolute Gasteiger partial charge is 0.0540 e. The number of hydrogen-bond acceptors (Lipinski definition) is 1. The summed E-state index contributed by atoms with van der Waals surface area (Å²) in [6.07, 6.45) is 0. The molecule has 54 heavy (non-hydrogen) atoms. The maximum atomic E-state index is 2.55. The van der Waals surface area contributed by atoms with E-state index in [1.807, 2.05) is 0 Å². The van der Waals surface area contributed by atoms with Crippen molar-refractivity contribution in [1.82, 2.24) is 0 Å². The molecule has 0 aliphatic heterocycles. The number of anilines is 3. The lowest BCUT2D eigenvalue weighted by molar-refractivity contribution is 0.274. The van der Waals surface area contributed by atoms with Crippen molar-refractivity contribution in [3.8, 4) is 22.3 Å². The Balaban J connectivity index is 1.53. The molecule has 0 saturated heterocycles. The first kappa shape index (κ1) is 35.6. The fourth-order valence-corrected chi connectivity index (χ4v) is 9.16. The fourth-order valence-electron chi connectivity index (χ4n) is 9.16. The van der Waals surface area contributed by atoms with Crippen LogP contribution in [0.25, 0.3) is 33.0 Å². The van der Waals surface area contributed by atoms with Crippen molar-refractivity contribution in [2.45, 2.75) is 78.6 Å². The van der Waals surface area contributed by atoms with E-state index in [9.17, 15) is 0 Å². The van der Waals surface area contributed by atoms with Crippen LogP contribution in [0.4, 0.5) is 17.1 Å². The molecule has 0 saturated carbocycles. The van der Waals surface area contributed by atoms with Crippen LogP contribution in [0.2, 0.25) is 0 Å². The Morgan fingerprint density at radius 1 is 0.444 bits per heavy atom. The fraction of sp³-hybridized carbons (Fsp3) is 0.245. The molecule has 1 heteroatoms. The van der Waals surface area contributed by atoms with E-state index in [1.165, 1.54) is 72.2 Å². The second-order valence-electron chi connectivity index (χ2n) is 18.3. The van der Waals surface area contributed by atoms with Crippen LogP contribution in [-0.4, -0.2) is 0 Å². The van der Waals surface area contributed by atoms with Gasteiger partial charge in [-0.25, -0.2) is 0 Å². The van der Waals surface area contributed by atoms with Gasteiger partial charge in [-0.2, -0.15) is 0 Å². The van der Waals surface area contributed by atoms with E-state index in [0.717, 1.165) is 5.69 Å². The molecule has 0 N–H and O–H groups in total. The molecule has 1 aliphatic rings. The molecule has 8 rings (SSSR count). The second-order valence-corrected chi connectivity index (χ2v) is 18.3. The summed E-state index contributed by atoms with van der Waals surface area (Å²) in [6.45, 7) is 21.6. The highest BCUT2D eigenvalue weighted by Gasteiger charge is 2.56. The second kappa shape index (κ2) is 12.9. The average Bonchev–Trinajstić information content (AvgIpc) is 3.47. The number of rotatable bonds is 5. The van der Waals surface area contributed by atoms with Crippen LogP contribution < -0.4 is 4.90 Å². The van der Waals surface area contributed by atoms with E-state index in [4.69, 9.17) is 0 Å². The Kier molecular flexibility index (Phi) is 8.49. The van der Waals surface area contributed by atoms with Crippen molar-refractivity contribution >= 4 is 27.8 Å². The van der Waals surface area contributed by atoms with Gasteiger partial charge in [0.15, 0.2) is 0 Å². The molecule has 1 aliphatic carbocycles. The monoisotopic (exact) mass is 703 g/mol. The van der Waals surface area contributed by atoms with Gasteiger partial charge in [0.1, 0.15) is 0 Å².